The van der Waals surface area contributed by atoms with Crippen molar-refractivity contribution in [2.45, 2.75) is 20.4 Å². The second-order valence-electron chi connectivity index (χ2n) is 5.24. The number of nitrogens with zero attached hydrogens (tertiary/aromatic N) is 1. The summed E-state index contributed by atoms with van der Waals surface area (Å²) in [5.41, 5.74) is 1.53. The van der Waals surface area contributed by atoms with Crippen LogP contribution in [0.25, 0.3) is 0 Å². The maximum Gasteiger partial charge on any atom is 0.344 e. The van der Waals surface area contributed by atoms with E-state index < -0.39 is 11.9 Å². The van der Waals surface area contributed by atoms with Gasteiger partial charge in [0.1, 0.15) is 11.3 Å². The molecule has 0 bridgehead atoms. The third-order valence-electron chi connectivity index (χ3n) is 3.50. The molecule has 0 spiro atoms. The van der Waals surface area contributed by atoms with E-state index >= 15 is 0 Å². The average Bonchev–Trinajstić information content (AvgIpc) is 3.16. The number of fused-ring (bicyclic) bond motifs is 1. The lowest BCUT2D eigenvalue weighted by Crippen LogP contribution is -2.28. The number of benzene rings is 1. The molecule has 126 valence electrons. The normalized spacial score (nSPS) is 12.1. The van der Waals surface area contributed by atoms with Crippen molar-refractivity contribution >= 4 is 11.9 Å². The van der Waals surface area contributed by atoms with Crippen LogP contribution in [0.2, 0.25) is 0 Å². The molecule has 1 aliphatic rings. The fourth-order valence-corrected chi connectivity index (χ4v) is 2.28. The topological polar surface area (TPSA) is 99.9 Å². The molecule has 0 aliphatic carbocycles. The largest absolute Gasteiger partial charge is 0.454 e. The predicted octanol–water partition coefficient (Wildman–Crippen LogP) is 1.49. The van der Waals surface area contributed by atoms with E-state index in [0.717, 1.165) is 5.56 Å². The molecule has 8 nitrogen and oxygen atoms in total. The highest BCUT2D eigenvalue weighted by atomic mass is 16.7. The van der Waals surface area contributed by atoms with Gasteiger partial charge in [0, 0.05) is 6.54 Å². The van der Waals surface area contributed by atoms with Gasteiger partial charge in [-0.2, -0.15) is 0 Å². The van der Waals surface area contributed by atoms with Crippen LogP contribution in [0.1, 0.15) is 27.4 Å². The molecule has 0 atom stereocenters. The van der Waals surface area contributed by atoms with Gasteiger partial charge < -0.3 is 24.1 Å². The van der Waals surface area contributed by atoms with Crippen LogP contribution < -0.4 is 14.8 Å². The summed E-state index contributed by atoms with van der Waals surface area (Å²) in [5, 5.41) is 6.34. The van der Waals surface area contributed by atoms with Crippen LogP contribution in [0, 0.1) is 13.8 Å². The minimum atomic E-state index is -0.635. The van der Waals surface area contributed by atoms with Crippen LogP contribution in [0.4, 0.5) is 0 Å². The van der Waals surface area contributed by atoms with Gasteiger partial charge >= 0.3 is 5.97 Å². The van der Waals surface area contributed by atoms with Gasteiger partial charge in [-0.1, -0.05) is 11.2 Å². The molecular formula is C16H16N2O6. The van der Waals surface area contributed by atoms with Gasteiger partial charge in [-0.15, -0.1) is 0 Å². The lowest BCUT2D eigenvalue weighted by Gasteiger charge is -2.07. The zero-order valence-electron chi connectivity index (χ0n) is 13.3. The Bertz CT molecular complexity index is 763. The smallest absolute Gasteiger partial charge is 0.344 e. The number of nitrogens with one attached hydrogen (secondary N) is 1. The van der Waals surface area contributed by atoms with Crippen LogP contribution >= 0.6 is 0 Å². The van der Waals surface area contributed by atoms with E-state index in [1.807, 2.05) is 6.07 Å². The highest BCUT2D eigenvalue weighted by Gasteiger charge is 2.20. The van der Waals surface area contributed by atoms with Gasteiger partial charge in [0.2, 0.25) is 6.79 Å². The number of rotatable bonds is 5. The van der Waals surface area contributed by atoms with Crippen LogP contribution in [-0.4, -0.2) is 30.4 Å². The second kappa shape index (κ2) is 6.61. The molecule has 0 fully saturated rings. The lowest BCUT2D eigenvalue weighted by atomic mass is 10.2. The maximum absolute atomic E-state index is 11.9. The Labute approximate surface area is 137 Å². The Kier molecular flexibility index (Phi) is 4.37. The number of aryl methyl sites for hydroxylation is 2. The standard InChI is InChI=1S/C16H16N2O6/c1-9-15(10(2)24-18-9)16(20)21-7-14(19)17-6-11-3-4-12-13(5-11)23-8-22-12/h3-5H,6-8H2,1-2H3,(H,17,19). The number of carbonyl (C=O) groups excluding carboxylic acids is 2. The van der Waals surface area contributed by atoms with Crippen molar-refractivity contribution in [2.24, 2.45) is 0 Å². The zero-order valence-corrected chi connectivity index (χ0v) is 13.3. The first-order valence-corrected chi connectivity index (χ1v) is 7.30. The minimum Gasteiger partial charge on any atom is -0.454 e. The Balaban J connectivity index is 1.48. The average molecular weight is 332 g/mol. The molecule has 0 saturated carbocycles. The predicted molar refractivity (Wildman–Crippen MR) is 80.7 cm³/mol. The molecule has 1 aliphatic heterocycles. The number of esters is 1. The Morgan fingerprint density at radius 3 is 2.79 bits per heavy atom. The van der Waals surface area contributed by atoms with E-state index in [1.54, 1.807) is 26.0 Å². The van der Waals surface area contributed by atoms with Crippen LogP contribution in [0.3, 0.4) is 0 Å². The second-order valence-corrected chi connectivity index (χ2v) is 5.24. The molecule has 1 amide bonds. The Hall–Kier alpha value is -3.03. The van der Waals surface area contributed by atoms with E-state index in [9.17, 15) is 9.59 Å². The molecule has 1 aromatic carbocycles. The van der Waals surface area contributed by atoms with Crippen LogP contribution in [0.5, 0.6) is 11.5 Å². The monoisotopic (exact) mass is 332 g/mol. The molecule has 2 heterocycles. The van der Waals surface area contributed by atoms with Gasteiger partial charge in [0.15, 0.2) is 18.1 Å². The van der Waals surface area contributed by atoms with Crippen molar-refractivity contribution in [2.75, 3.05) is 13.4 Å². The molecule has 0 radical (unpaired) electrons. The first-order valence-electron chi connectivity index (χ1n) is 7.30. The van der Waals surface area contributed by atoms with Crippen LogP contribution in [0.15, 0.2) is 22.7 Å². The maximum atomic E-state index is 11.9. The van der Waals surface area contributed by atoms with E-state index in [0.29, 0.717) is 29.5 Å². The van der Waals surface area contributed by atoms with Crippen molar-refractivity contribution in [1.29, 1.82) is 0 Å². The number of carbonyl (C=O) groups is 2. The first kappa shape index (κ1) is 15.9. The van der Waals surface area contributed by atoms with E-state index in [-0.39, 0.29) is 19.0 Å². The summed E-state index contributed by atoms with van der Waals surface area (Å²) >= 11 is 0. The summed E-state index contributed by atoms with van der Waals surface area (Å²) in [6, 6.07) is 5.39. The fourth-order valence-electron chi connectivity index (χ4n) is 2.28. The summed E-state index contributed by atoms with van der Waals surface area (Å²) in [7, 11) is 0. The van der Waals surface area contributed by atoms with Crippen molar-refractivity contribution in [3.05, 3.63) is 40.8 Å². The zero-order chi connectivity index (χ0) is 17.1. The SMILES string of the molecule is Cc1noc(C)c1C(=O)OCC(=O)NCc1ccc2c(c1)OCO2. The summed E-state index contributed by atoms with van der Waals surface area (Å²) in [4.78, 5) is 23.7. The third-order valence-corrected chi connectivity index (χ3v) is 3.50. The molecule has 2 aromatic rings. The van der Waals surface area contributed by atoms with Gasteiger partial charge in [-0.05, 0) is 31.5 Å². The molecule has 3 rings (SSSR count). The highest BCUT2D eigenvalue weighted by Crippen LogP contribution is 2.32. The molecule has 1 aromatic heterocycles. The van der Waals surface area contributed by atoms with E-state index in [2.05, 4.69) is 10.5 Å². The number of aromatic nitrogens is 1. The summed E-state index contributed by atoms with van der Waals surface area (Å²) in [5.74, 6) is 0.639. The molecule has 0 saturated heterocycles. The van der Waals surface area contributed by atoms with Gasteiger partial charge in [-0.3, -0.25) is 4.79 Å². The van der Waals surface area contributed by atoms with E-state index in [4.69, 9.17) is 18.7 Å². The molecule has 8 heteroatoms. The van der Waals surface area contributed by atoms with E-state index in [1.165, 1.54) is 0 Å². The van der Waals surface area contributed by atoms with Crippen molar-refractivity contribution < 1.29 is 28.3 Å². The van der Waals surface area contributed by atoms with Gasteiger partial charge in [-0.25, -0.2) is 4.79 Å². The van der Waals surface area contributed by atoms with Crippen molar-refractivity contribution in [1.82, 2.24) is 10.5 Å². The summed E-state index contributed by atoms with van der Waals surface area (Å²) in [6.07, 6.45) is 0. The van der Waals surface area contributed by atoms with Gasteiger partial charge in [0.25, 0.3) is 5.91 Å². The molecule has 1 N–H and O–H groups in total. The Morgan fingerprint density at radius 1 is 1.25 bits per heavy atom. The number of amides is 1. The lowest BCUT2D eigenvalue weighted by molar-refractivity contribution is -0.124. The first-order chi connectivity index (χ1) is 11.5. The quantitative estimate of drug-likeness (QED) is 0.828. The Morgan fingerprint density at radius 2 is 2.04 bits per heavy atom. The fraction of sp³-hybridized carbons (Fsp3) is 0.312. The highest BCUT2D eigenvalue weighted by molar-refractivity contribution is 5.93. The van der Waals surface area contributed by atoms with Crippen molar-refractivity contribution in [3.63, 3.8) is 0 Å². The van der Waals surface area contributed by atoms with Crippen LogP contribution in [-0.2, 0) is 16.1 Å². The summed E-state index contributed by atoms with van der Waals surface area (Å²) < 4.78 is 20.4. The molecule has 24 heavy (non-hydrogen) atoms. The molecule has 0 unspecified atom stereocenters. The third kappa shape index (κ3) is 3.32. The number of hydrogen-bond donors (Lipinski definition) is 1. The van der Waals surface area contributed by atoms with Gasteiger partial charge in [0.05, 0.1) is 5.69 Å². The van der Waals surface area contributed by atoms with Crippen molar-refractivity contribution in [3.8, 4) is 11.5 Å². The number of hydrogen-bond acceptors (Lipinski definition) is 7. The summed E-state index contributed by atoms with van der Waals surface area (Å²) in [6.45, 7) is 3.34. The number of ether oxygens (including phenoxy) is 3. The minimum absolute atomic E-state index is 0.197. The molecular weight excluding hydrogens is 316 g/mol.